The lowest BCUT2D eigenvalue weighted by molar-refractivity contribution is -0.136. The van der Waals surface area contributed by atoms with Crippen LogP contribution in [0.3, 0.4) is 0 Å². The molecule has 4 rings (SSSR count). The summed E-state index contributed by atoms with van der Waals surface area (Å²) < 4.78 is 15.8. The third-order valence-corrected chi connectivity index (χ3v) is 5.28. The zero-order valence-electron chi connectivity index (χ0n) is 19.0. The molecule has 0 amide bonds. The average molecular weight is 466 g/mol. The third kappa shape index (κ3) is 5.40. The Kier molecular flexibility index (Phi) is 7.24. The van der Waals surface area contributed by atoms with Gasteiger partial charge >= 0.3 is 5.97 Å². The number of nitriles is 1. The molecule has 7 heteroatoms. The molecule has 1 N–H and O–H groups in total. The highest BCUT2D eigenvalue weighted by Gasteiger charge is 2.20. The van der Waals surface area contributed by atoms with E-state index in [9.17, 15) is 9.59 Å². The molecule has 0 aliphatic carbocycles. The summed E-state index contributed by atoms with van der Waals surface area (Å²) in [5.41, 5.74) is 3.54. The van der Waals surface area contributed by atoms with Crippen LogP contribution in [-0.2, 0) is 9.53 Å². The van der Waals surface area contributed by atoms with Crippen LogP contribution in [0.25, 0.3) is 28.2 Å². The fourth-order valence-electron chi connectivity index (χ4n) is 3.69. The summed E-state index contributed by atoms with van der Waals surface area (Å²) in [6, 6.07) is 24.0. The van der Waals surface area contributed by atoms with Gasteiger partial charge in [0.2, 0.25) is 5.78 Å². The van der Waals surface area contributed by atoms with Gasteiger partial charge in [0.1, 0.15) is 6.07 Å². The summed E-state index contributed by atoms with van der Waals surface area (Å²) in [7, 11) is 1.48. The van der Waals surface area contributed by atoms with Crippen molar-refractivity contribution in [2.75, 3.05) is 20.3 Å². The number of hydrogen-bond donors (Lipinski definition) is 1. The zero-order valence-corrected chi connectivity index (χ0v) is 19.0. The molecule has 0 bridgehead atoms. The summed E-state index contributed by atoms with van der Waals surface area (Å²) in [4.78, 5) is 28.7. The molecule has 0 aliphatic rings. The quantitative estimate of drug-likeness (QED) is 0.207. The van der Waals surface area contributed by atoms with Gasteiger partial charge < -0.3 is 19.2 Å². The van der Waals surface area contributed by atoms with E-state index >= 15 is 0 Å². The number of rotatable bonds is 9. The predicted molar refractivity (Wildman–Crippen MR) is 132 cm³/mol. The number of aromatic nitrogens is 1. The van der Waals surface area contributed by atoms with Crippen molar-refractivity contribution in [1.82, 2.24) is 4.98 Å². The van der Waals surface area contributed by atoms with E-state index in [-0.39, 0.29) is 12.4 Å². The van der Waals surface area contributed by atoms with E-state index in [4.69, 9.17) is 19.5 Å². The Morgan fingerprint density at radius 3 is 2.54 bits per heavy atom. The van der Waals surface area contributed by atoms with Gasteiger partial charge in [0.25, 0.3) is 0 Å². The van der Waals surface area contributed by atoms with Gasteiger partial charge in [-0.1, -0.05) is 54.6 Å². The van der Waals surface area contributed by atoms with Crippen LogP contribution < -0.4 is 9.47 Å². The Morgan fingerprint density at radius 1 is 1.00 bits per heavy atom. The summed E-state index contributed by atoms with van der Waals surface area (Å²) in [5.74, 6) is -0.0991. The molecule has 1 aromatic heterocycles. The molecule has 7 nitrogen and oxygen atoms in total. The molecule has 0 fully saturated rings. The lowest BCUT2D eigenvalue weighted by Crippen LogP contribution is -2.13. The van der Waals surface area contributed by atoms with E-state index in [1.807, 2.05) is 60.7 Å². The highest BCUT2D eigenvalue weighted by atomic mass is 16.5. The van der Waals surface area contributed by atoms with Gasteiger partial charge in [-0.3, -0.25) is 4.79 Å². The number of nitrogens with zero attached hydrogens (tertiary/aromatic N) is 1. The minimum atomic E-state index is -0.650. The Hall–Kier alpha value is -4.83. The van der Waals surface area contributed by atoms with E-state index < -0.39 is 12.6 Å². The van der Waals surface area contributed by atoms with Crippen LogP contribution in [0, 0.1) is 11.3 Å². The number of carbonyl (C=O) groups is 2. The molecule has 174 valence electrons. The highest BCUT2D eigenvalue weighted by Crippen LogP contribution is 2.31. The molecule has 35 heavy (non-hydrogen) atoms. The van der Waals surface area contributed by atoms with E-state index in [1.54, 1.807) is 24.3 Å². The largest absolute Gasteiger partial charge is 0.493 e. The van der Waals surface area contributed by atoms with Crippen molar-refractivity contribution in [2.24, 2.45) is 0 Å². The van der Waals surface area contributed by atoms with Gasteiger partial charge in [-0.15, -0.1) is 0 Å². The van der Waals surface area contributed by atoms with Crippen LogP contribution in [0.4, 0.5) is 0 Å². The lowest BCUT2D eigenvalue weighted by Gasteiger charge is -2.08. The van der Waals surface area contributed by atoms with Crippen molar-refractivity contribution < 1.29 is 23.8 Å². The normalized spacial score (nSPS) is 10.7. The number of H-pyrrole nitrogens is 1. The molecule has 0 unspecified atom stereocenters. The van der Waals surface area contributed by atoms with Crippen LogP contribution in [0.1, 0.15) is 15.9 Å². The van der Waals surface area contributed by atoms with E-state index in [1.165, 1.54) is 13.2 Å². The Balaban J connectivity index is 1.47. The van der Waals surface area contributed by atoms with Crippen LogP contribution in [0.15, 0.2) is 78.9 Å². The summed E-state index contributed by atoms with van der Waals surface area (Å²) in [5, 5.41) is 9.43. The van der Waals surface area contributed by atoms with Crippen molar-refractivity contribution in [3.8, 4) is 28.8 Å². The fraction of sp³-hybridized carbons (Fsp3) is 0.107. The summed E-state index contributed by atoms with van der Waals surface area (Å²) >= 11 is 0. The zero-order chi connectivity index (χ0) is 24.6. The van der Waals surface area contributed by atoms with Gasteiger partial charge in [0.05, 0.1) is 18.4 Å². The minimum absolute atomic E-state index is 0.103. The number of fused-ring (bicyclic) bond motifs is 1. The number of esters is 1. The van der Waals surface area contributed by atoms with Crippen LogP contribution >= 0.6 is 0 Å². The number of hydrogen-bond acceptors (Lipinski definition) is 6. The van der Waals surface area contributed by atoms with Gasteiger partial charge in [-0.25, -0.2) is 4.79 Å². The molecule has 0 spiro atoms. The Bertz CT molecular complexity index is 1430. The topological polar surface area (TPSA) is 101 Å². The molecule has 0 aliphatic heterocycles. The van der Waals surface area contributed by atoms with Gasteiger partial charge in [0.15, 0.2) is 24.7 Å². The number of aromatic amines is 1. The molecular weight excluding hydrogens is 444 g/mol. The lowest BCUT2D eigenvalue weighted by atomic mass is 10.0. The van der Waals surface area contributed by atoms with Crippen molar-refractivity contribution in [2.45, 2.75) is 0 Å². The molecule has 0 atom stereocenters. The highest BCUT2D eigenvalue weighted by molar-refractivity contribution is 6.14. The average Bonchev–Trinajstić information content (AvgIpc) is 3.30. The molecule has 0 saturated carbocycles. The Morgan fingerprint density at radius 2 is 1.77 bits per heavy atom. The van der Waals surface area contributed by atoms with E-state index in [0.717, 1.165) is 16.5 Å². The number of benzene rings is 3. The van der Waals surface area contributed by atoms with E-state index in [0.29, 0.717) is 28.3 Å². The summed E-state index contributed by atoms with van der Waals surface area (Å²) in [6.07, 6.45) is 2.79. The molecule has 4 aromatic rings. The van der Waals surface area contributed by atoms with E-state index in [2.05, 4.69) is 4.98 Å². The maximum atomic E-state index is 13.1. The second-order valence-corrected chi connectivity index (χ2v) is 7.51. The van der Waals surface area contributed by atoms with Gasteiger partial charge in [-0.2, -0.15) is 5.26 Å². The van der Waals surface area contributed by atoms with Gasteiger partial charge in [0, 0.05) is 17.0 Å². The van der Waals surface area contributed by atoms with Crippen LogP contribution in [-0.4, -0.2) is 37.1 Å². The maximum Gasteiger partial charge on any atom is 0.331 e. The third-order valence-electron chi connectivity index (χ3n) is 5.28. The molecular formula is C28H22N2O5. The number of carbonyl (C=O) groups excluding carboxylic acids is 2. The molecule has 1 heterocycles. The van der Waals surface area contributed by atoms with Crippen molar-refractivity contribution in [3.63, 3.8) is 0 Å². The fourth-order valence-corrected chi connectivity index (χ4v) is 3.69. The Labute approximate surface area is 202 Å². The monoisotopic (exact) mass is 466 g/mol. The SMILES string of the molecule is COc1cc(/C=C/C(=O)OCC(=O)c2c(-c3ccccc3)[nH]c3ccccc23)ccc1OCC#N. The smallest absolute Gasteiger partial charge is 0.331 e. The number of ketones is 1. The first-order chi connectivity index (χ1) is 17.1. The first-order valence-corrected chi connectivity index (χ1v) is 10.8. The maximum absolute atomic E-state index is 13.1. The number of nitrogens with one attached hydrogen (secondary N) is 1. The number of para-hydroxylation sites is 1. The number of Topliss-reactive ketones (excluding diaryl/α,β-unsaturated/α-hetero) is 1. The molecule has 0 radical (unpaired) electrons. The standard InChI is InChI=1S/C28H22N2O5/c1-33-25-17-19(11-13-24(25)34-16-15-29)12-14-26(32)35-18-23(31)27-21-9-5-6-10-22(21)30-28(27)20-7-3-2-4-8-20/h2-14,17,30H,16,18H2,1H3/b14-12+. The second kappa shape index (κ2) is 10.9. The summed E-state index contributed by atoms with van der Waals surface area (Å²) in [6.45, 7) is -0.497. The second-order valence-electron chi connectivity index (χ2n) is 7.51. The van der Waals surface area contributed by atoms with Gasteiger partial charge in [-0.05, 0) is 35.4 Å². The van der Waals surface area contributed by atoms with Crippen molar-refractivity contribution in [3.05, 3.63) is 90.0 Å². The predicted octanol–water partition coefficient (Wildman–Crippen LogP) is 5.19. The van der Waals surface area contributed by atoms with Crippen LogP contribution in [0.2, 0.25) is 0 Å². The van der Waals surface area contributed by atoms with Crippen LogP contribution in [0.5, 0.6) is 11.5 Å². The molecule has 3 aromatic carbocycles. The number of ether oxygens (including phenoxy) is 3. The first-order valence-electron chi connectivity index (χ1n) is 10.8. The first kappa shape index (κ1) is 23.3. The number of methoxy groups -OCH3 is 1. The molecule has 0 saturated heterocycles. The minimum Gasteiger partial charge on any atom is -0.493 e. The van der Waals surface area contributed by atoms with Crippen molar-refractivity contribution in [1.29, 1.82) is 5.26 Å². The van der Waals surface area contributed by atoms with Crippen molar-refractivity contribution >= 4 is 28.7 Å².